The van der Waals surface area contributed by atoms with Crippen molar-refractivity contribution >= 4 is 17.6 Å². The molecule has 2 aliphatic rings. The van der Waals surface area contributed by atoms with E-state index >= 15 is 0 Å². The minimum absolute atomic E-state index is 0.0480. The van der Waals surface area contributed by atoms with E-state index < -0.39 is 6.10 Å². The van der Waals surface area contributed by atoms with Crippen LogP contribution in [0.4, 0.5) is 10.5 Å². The molecule has 1 aromatic carbocycles. The molecule has 26 heavy (non-hydrogen) atoms. The van der Waals surface area contributed by atoms with Gasteiger partial charge < -0.3 is 19.9 Å². The first-order valence-corrected chi connectivity index (χ1v) is 8.96. The highest BCUT2D eigenvalue weighted by Gasteiger charge is 2.51. The van der Waals surface area contributed by atoms with Crippen LogP contribution in [0.5, 0.6) is 0 Å². The molecule has 1 N–H and O–H groups in total. The number of carbonyl (C=O) groups excluding carboxylic acids is 2. The van der Waals surface area contributed by atoms with Crippen LogP contribution in [-0.4, -0.2) is 82.3 Å². The first-order valence-electron chi connectivity index (χ1n) is 8.96. The number of hydrogen-bond acceptors (Lipinski definition) is 4. The molecule has 3 amide bonds. The third-order valence-electron chi connectivity index (χ3n) is 5.13. The van der Waals surface area contributed by atoms with E-state index in [-0.39, 0.29) is 17.4 Å². The van der Waals surface area contributed by atoms with Crippen LogP contribution < -0.4 is 10.2 Å². The fourth-order valence-electron chi connectivity index (χ4n) is 3.76. The Morgan fingerprint density at radius 3 is 2.69 bits per heavy atom. The van der Waals surface area contributed by atoms with Gasteiger partial charge in [-0.25, -0.2) is 4.79 Å². The van der Waals surface area contributed by atoms with E-state index in [2.05, 4.69) is 5.32 Å². The number of anilines is 1. The number of nitrogens with one attached hydrogen (secondary N) is 1. The van der Waals surface area contributed by atoms with Crippen molar-refractivity contribution in [2.75, 3.05) is 59.3 Å². The van der Waals surface area contributed by atoms with Crippen molar-refractivity contribution in [3.63, 3.8) is 0 Å². The number of likely N-dealkylation sites (N-methyl/N-ethyl adjacent to an activating group) is 1. The van der Waals surface area contributed by atoms with E-state index in [1.807, 2.05) is 43.3 Å². The van der Waals surface area contributed by atoms with E-state index in [9.17, 15) is 9.59 Å². The highest BCUT2D eigenvalue weighted by Crippen LogP contribution is 2.47. The highest BCUT2D eigenvalue weighted by atomic mass is 16.5. The molecule has 1 aromatic rings. The van der Waals surface area contributed by atoms with Crippen LogP contribution in [0.1, 0.15) is 12.0 Å². The zero-order chi connectivity index (χ0) is 18.9. The Kier molecular flexibility index (Phi) is 5.20. The van der Waals surface area contributed by atoms with Crippen LogP contribution in [-0.2, 0) is 14.9 Å². The molecule has 0 saturated carbocycles. The van der Waals surface area contributed by atoms with Crippen LogP contribution in [0.3, 0.4) is 0 Å². The summed E-state index contributed by atoms with van der Waals surface area (Å²) in [5, 5.41) is 2.94. The van der Waals surface area contributed by atoms with Crippen molar-refractivity contribution < 1.29 is 14.3 Å². The number of fused-ring (bicyclic) bond motifs is 2. The van der Waals surface area contributed by atoms with Gasteiger partial charge in [-0.1, -0.05) is 18.2 Å². The molecule has 0 unspecified atom stereocenters. The number of rotatable bonds is 4. The van der Waals surface area contributed by atoms with Crippen molar-refractivity contribution in [1.82, 2.24) is 15.1 Å². The second-order valence-corrected chi connectivity index (χ2v) is 7.66. The topological polar surface area (TPSA) is 65.1 Å². The summed E-state index contributed by atoms with van der Waals surface area (Å²) in [4.78, 5) is 30.5. The van der Waals surface area contributed by atoms with Crippen LogP contribution in [0.25, 0.3) is 0 Å². The number of carbonyl (C=O) groups is 2. The Morgan fingerprint density at radius 1 is 1.27 bits per heavy atom. The first kappa shape index (κ1) is 18.7. The maximum Gasteiger partial charge on any atom is 0.323 e. The zero-order valence-electron chi connectivity index (χ0n) is 16.0. The largest absolute Gasteiger partial charge is 0.367 e. The number of benzene rings is 1. The normalized spacial score (nSPS) is 24.2. The molecular weight excluding hydrogens is 332 g/mol. The second kappa shape index (κ2) is 7.25. The molecule has 2 aliphatic heterocycles. The zero-order valence-corrected chi connectivity index (χ0v) is 16.0. The fraction of sp³-hybridized carbons (Fsp3) is 0.579. The molecule has 1 saturated heterocycles. The fourth-order valence-corrected chi connectivity index (χ4v) is 3.76. The molecule has 142 valence electrons. The third kappa shape index (κ3) is 3.41. The van der Waals surface area contributed by atoms with Crippen LogP contribution >= 0.6 is 0 Å². The SMILES string of the molecule is CN(C)CCNC(=O)[C@H]1C[C@]2(CO1)CN(C(=O)N(C)C)c1ccccc12. The number of urea groups is 1. The quantitative estimate of drug-likeness (QED) is 0.866. The monoisotopic (exact) mass is 360 g/mol. The molecule has 3 rings (SSSR count). The number of para-hydroxylation sites is 1. The molecule has 7 nitrogen and oxygen atoms in total. The number of ether oxygens (including phenoxy) is 1. The molecule has 1 fully saturated rings. The molecule has 7 heteroatoms. The summed E-state index contributed by atoms with van der Waals surface area (Å²) >= 11 is 0. The van der Waals surface area contributed by atoms with Gasteiger partial charge in [0.15, 0.2) is 0 Å². The highest BCUT2D eigenvalue weighted by molar-refractivity contribution is 5.95. The van der Waals surface area contributed by atoms with Gasteiger partial charge in [0.1, 0.15) is 6.10 Å². The lowest BCUT2D eigenvalue weighted by Crippen LogP contribution is -2.43. The number of amides is 3. The van der Waals surface area contributed by atoms with Crippen molar-refractivity contribution in [2.24, 2.45) is 0 Å². The molecule has 1 spiro atoms. The summed E-state index contributed by atoms with van der Waals surface area (Å²) < 4.78 is 5.88. The summed E-state index contributed by atoms with van der Waals surface area (Å²) in [6.07, 6.45) is 0.120. The summed E-state index contributed by atoms with van der Waals surface area (Å²) in [6, 6.07) is 7.89. The molecular formula is C19H28N4O3. The lowest BCUT2D eigenvalue weighted by Gasteiger charge is -2.25. The maximum absolute atomic E-state index is 12.6. The van der Waals surface area contributed by atoms with Gasteiger partial charge >= 0.3 is 6.03 Å². The van der Waals surface area contributed by atoms with E-state index in [1.54, 1.807) is 23.9 Å². The third-order valence-corrected chi connectivity index (χ3v) is 5.13. The van der Waals surface area contributed by atoms with E-state index in [0.29, 0.717) is 26.1 Å². The lowest BCUT2D eigenvalue weighted by atomic mass is 9.80. The van der Waals surface area contributed by atoms with Crippen LogP contribution in [0.15, 0.2) is 24.3 Å². The molecule has 2 heterocycles. The molecule has 0 aliphatic carbocycles. The van der Waals surface area contributed by atoms with Crippen molar-refractivity contribution in [3.05, 3.63) is 29.8 Å². The predicted octanol–water partition coefficient (Wildman–Crippen LogP) is 0.893. The summed E-state index contributed by atoms with van der Waals surface area (Å²) in [7, 11) is 7.45. The Hall–Kier alpha value is -2.12. The molecule has 2 atom stereocenters. The van der Waals surface area contributed by atoms with Gasteiger partial charge in [-0.15, -0.1) is 0 Å². The van der Waals surface area contributed by atoms with Gasteiger partial charge in [0.05, 0.1) is 6.61 Å². The number of hydrogen-bond donors (Lipinski definition) is 1. The van der Waals surface area contributed by atoms with Crippen molar-refractivity contribution in [1.29, 1.82) is 0 Å². The standard InChI is InChI=1S/C19H28N4O3/c1-21(2)10-9-20-17(24)16-11-19(13-26-16)12-23(18(25)22(3)4)15-8-6-5-7-14(15)19/h5-8,16H,9-13H2,1-4H3,(H,20,24)/t16-,19-/m1/s1. The van der Waals surface area contributed by atoms with Gasteiger partial charge in [0.25, 0.3) is 0 Å². The Labute approximate surface area is 154 Å². The first-order chi connectivity index (χ1) is 12.3. The lowest BCUT2D eigenvalue weighted by molar-refractivity contribution is -0.130. The molecule has 0 radical (unpaired) electrons. The number of nitrogens with zero attached hydrogens (tertiary/aromatic N) is 3. The van der Waals surface area contributed by atoms with Crippen molar-refractivity contribution in [2.45, 2.75) is 17.9 Å². The molecule has 0 aromatic heterocycles. The van der Waals surface area contributed by atoms with Gasteiger partial charge in [0, 0.05) is 44.8 Å². The van der Waals surface area contributed by atoms with E-state index in [4.69, 9.17) is 4.74 Å². The van der Waals surface area contributed by atoms with Crippen LogP contribution in [0, 0.1) is 0 Å². The maximum atomic E-state index is 12.6. The van der Waals surface area contributed by atoms with E-state index in [1.165, 1.54) is 0 Å². The Bertz CT molecular complexity index is 691. The van der Waals surface area contributed by atoms with Gasteiger partial charge in [-0.3, -0.25) is 9.69 Å². The Balaban J connectivity index is 1.75. The average Bonchev–Trinajstić information content (AvgIpc) is 3.17. The smallest absolute Gasteiger partial charge is 0.323 e. The average molecular weight is 360 g/mol. The summed E-state index contributed by atoms with van der Waals surface area (Å²) in [6.45, 7) is 2.38. The van der Waals surface area contributed by atoms with Gasteiger partial charge in [-0.2, -0.15) is 0 Å². The minimum atomic E-state index is -0.473. The second-order valence-electron chi connectivity index (χ2n) is 7.66. The summed E-state index contributed by atoms with van der Waals surface area (Å²) in [5.41, 5.74) is 1.70. The Morgan fingerprint density at radius 2 is 2.00 bits per heavy atom. The van der Waals surface area contributed by atoms with Crippen LogP contribution in [0.2, 0.25) is 0 Å². The summed E-state index contributed by atoms with van der Waals surface area (Å²) in [5.74, 6) is -0.0707. The van der Waals surface area contributed by atoms with Gasteiger partial charge in [0.2, 0.25) is 5.91 Å². The van der Waals surface area contributed by atoms with Crippen molar-refractivity contribution in [3.8, 4) is 0 Å². The molecule has 0 bridgehead atoms. The predicted molar refractivity (Wildman–Crippen MR) is 100 cm³/mol. The van der Waals surface area contributed by atoms with Gasteiger partial charge in [-0.05, 0) is 32.1 Å². The minimum Gasteiger partial charge on any atom is -0.367 e. The van der Waals surface area contributed by atoms with E-state index in [0.717, 1.165) is 17.8 Å².